The second-order valence-electron chi connectivity index (χ2n) is 2.88. The number of nitrogens with zero attached hydrogens (tertiary/aromatic N) is 1. The molecule has 0 saturated heterocycles. The van der Waals surface area contributed by atoms with Crippen LogP contribution in [0, 0.1) is 0 Å². The van der Waals surface area contributed by atoms with Crippen LogP contribution >= 0.6 is 22.6 Å². The van der Waals surface area contributed by atoms with Gasteiger partial charge in [-0.1, -0.05) is 36.4 Å². The summed E-state index contributed by atoms with van der Waals surface area (Å²) in [6.45, 7) is 5.28. The molecule has 0 unspecified atom stereocenters. The van der Waals surface area contributed by atoms with Crippen LogP contribution in [0.4, 0.5) is 0 Å². The van der Waals surface area contributed by atoms with Crippen molar-refractivity contribution in [1.29, 1.82) is 0 Å². The third-order valence-corrected chi connectivity index (χ3v) is 4.42. The van der Waals surface area contributed by atoms with Gasteiger partial charge >= 0.3 is 0 Å². The molecule has 86 valence electrons. The van der Waals surface area contributed by atoms with Crippen LogP contribution in [0.25, 0.3) is 0 Å². The Morgan fingerprint density at radius 3 is 2.21 bits per heavy atom. The molecule has 0 amide bonds. The van der Waals surface area contributed by atoms with Gasteiger partial charge in [0.1, 0.15) is 0 Å². The van der Waals surface area contributed by atoms with E-state index in [1.165, 1.54) is 4.31 Å². The Morgan fingerprint density at radius 1 is 1.21 bits per heavy atom. The number of halogens is 1. The first-order chi connectivity index (χ1) is 6.58. The molecule has 14 heavy (non-hydrogen) atoms. The van der Waals surface area contributed by atoms with Gasteiger partial charge in [0.2, 0.25) is 0 Å². The summed E-state index contributed by atoms with van der Waals surface area (Å²) in [6.07, 6.45) is 1.96. The number of alkyl halides is 1. The zero-order valence-corrected chi connectivity index (χ0v) is 11.8. The minimum atomic E-state index is -3.22. The summed E-state index contributed by atoms with van der Waals surface area (Å²) in [7, 11) is -3.22. The summed E-state index contributed by atoms with van der Waals surface area (Å²) in [5.74, 6) is 0. The van der Waals surface area contributed by atoms with Crippen molar-refractivity contribution in [2.24, 2.45) is 0 Å². The second-order valence-corrected chi connectivity index (χ2v) is 5.71. The number of unbranched alkanes of at least 4 members (excludes halogenated alkanes) is 1. The molecule has 0 rings (SSSR count). The fraction of sp³-hybridized carbons (Fsp3) is 1.00. The van der Waals surface area contributed by atoms with E-state index in [0.29, 0.717) is 19.6 Å². The largest absolute Gasteiger partial charge is 0.279 e. The maximum atomic E-state index is 11.6. The molecule has 4 nitrogen and oxygen atoms in total. The Hall–Kier alpha value is 0.600. The van der Waals surface area contributed by atoms with E-state index in [2.05, 4.69) is 27.3 Å². The molecule has 0 aliphatic rings. The van der Waals surface area contributed by atoms with E-state index in [-0.39, 0.29) is 0 Å². The zero-order valence-electron chi connectivity index (χ0n) is 8.79. The lowest BCUT2D eigenvalue weighted by atomic mass is 10.3. The lowest BCUT2D eigenvalue weighted by Gasteiger charge is -2.18. The molecule has 6 heteroatoms. The zero-order chi connectivity index (χ0) is 11.0. The molecule has 0 bridgehead atoms. The quantitative estimate of drug-likeness (QED) is 0.414. The Bertz CT molecular complexity index is 227. The van der Waals surface area contributed by atoms with Crippen molar-refractivity contribution < 1.29 is 8.42 Å². The molecule has 0 saturated carbocycles. The van der Waals surface area contributed by atoms with E-state index in [1.807, 2.05) is 13.8 Å². The van der Waals surface area contributed by atoms with E-state index in [4.69, 9.17) is 0 Å². The third kappa shape index (κ3) is 5.47. The highest BCUT2D eigenvalue weighted by molar-refractivity contribution is 14.1. The van der Waals surface area contributed by atoms with Crippen molar-refractivity contribution in [3.8, 4) is 0 Å². The molecule has 0 spiro atoms. The summed E-state index contributed by atoms with van der Waals surface area (Å²) in [5, 5.41) is 0. The van der Waals surface area contributed by atoms with Crippen molar-refractivity contribution in [2.75, 3.05) is 24.1 Å². The molecule has 0 aliphatic carbocycles. The summed E-state index contributed by atoms with van der Waals surface area (Å²) >= 11 is 2.29. The van der Waals surface area contributed by atoms with Gasteiger partial charge in [-0.3, -0.25) is 0 Å². The summed E-state index contributed by atoms with van der Waals surface area (Å²) < 4.78 is 28.2. The van der Waals surface area contributed by atoms with Gasteiger partial charge in [-0.05, 0) is 17.3 Å². The highest BCUT2D eigenvalue weighted by atomic mass is 127. The van der Waals surface area contributed by atoms with Gasteiger partial charge in [-0.2, -0.15) is 12.7 Å². The highest BCUT2D eigenvalue weighted by Crippen LogP contribution is 1.98. The first-order valence-corrected chi connectivity index (χ1v) is 7.85. The minimum absolute atomic E-state index is 0.526. The lowest BCUT2D eigenvalue weighted by Crippen LogP contribution is -2.40. The maximum Gasteiger partial charge on any atom is 0.279 e. The van der Waals surface area contributed by atoms with Gasteiger partial charge in [0.05, 0.1) is 0 Å². The molecule has 0 heterocycles. The van der Waals surface area contributed by atoms with Crippen LogP contribution in [-0.4, -0.2) is 36.8 Å². The van der Waals surface area contributed by atoms with Crippen LogP contribution in [-0.2, 0) is 10.2 Å². The summed E-state index contributed by atoms with van der Waals surface area (Å²) in [5.41, 5.74) is 0. The normalized spacial score (nSPS) is 12.3. The molecular weight excluding hydrogens is 315 g/mol. The predicted molar refractivity (Wildman–Crippen MR) is 68.0 cm³/mol. The average Bonchev–Trinajstić information content (AvgIpc) is 2.14. The Balaban J connectivity index is 3.94. The van der Waals surface area contributed by atoms with Crippen molar-refractivity contribution >= 4 is 32.8 Å². The van der Waals surface area contributed by atoms with Gasteiger partial charge in [-0.25, -0.2) is 4.72 Å². The van der Waals surface area contributed by atoms with Gasteiger partial charge in [-0.15, -0.1) is 0 Å². The lowest BCUT2D eigenvalue weighted by molar-refractivity contribution is 0.434. The molecule has 0 aliphatic heterocycles. The monoisotopic (exact) mass is 334 g/mol. The topological polar surface area (TPSA) is 49.4 Å². The van der Waals surface area contributed by atoms with E-state index < -0.39 is 10.2 Å². The highest BCUT2D eigenvalue weighted by Gasteiger charge is 2.16. The third-order valence-electron chi connectivity index (χ3n) is 1.89. The number of hydrogen-bond donors (Lipinski definition) is 1. The summed E-state index contributed by atoms with van der Waals surface area (Å²) in [6, 6.07) is 0. The molecule has 0 aromatic rings. The first-order valence-electron chi connectivity index (χ1n) is 4.89. The summed E-state index contributed by atoms with van der Waals surface area (Å²) in [4.78, 5) is 0. The smallest absolute Gasteiger partial charge is 0.202 e. The van der Waals surface area contributed by atoms with Crippen LogP contribution in [0.3, 0.4) is 0 Å². The molecule has 0 aromatic carbocycles. The maximum absolute atomic E-state index is 11.6. The van der Waals surface area contributed by atoms with Gasteiger partial charge < -0.3 is 0 Å². The van der Waals surface area contributed by atoms with E-state index in [0.717, 1.165) is 17.3 Å². The molecule has 1 N–H and O–H groups in total. The Labute approximate surface area is 101 Å². The van der Waals surface area contributed by atoms with Crippen LogP contribution in [0.1, 0.15) is 26.7 Å². The molecular formula is C8H19IN2O2S. The minimum Gasteiger partial charge on any atom is -0.202 e. The number of nitrogens with one attached hydrogen (secondary N) is 1. The van der Waals surface area contributed by atoms with Crippen molar-refractivity contribution in [3.63, 3.8) is 0 Å². The molecule has 0 atom stereocenters. The van der Waals surface area contributed by atoms with E-state index in [9.17, 15) is 8.42 Å². The SMILES string of the molecule is CCN(CC)S(=O)(=O)NCCCCI. The van der Waals surface area contributed by atoms with Crippen LogP contribution in [0.5, 0.6) is 0 Å². The number of hydrogen-bond acceptors (Lipinski definition) is 2. The molecule has 0 aromatic heterocycles. The van der Waals surface area contributed by atoms with Crippen molar-refractivity contribution in [2.45, 2.75) is 26.7 Å². The molecule has 0 fully saturated rings. The average molecular weight is 334 g/mol. The van der Waals surface area contributed by atoms with Gasteiger partial charge in [0.15, 0.2) is 0 Å². The van der Waals surface area contributed by atoms with Crippen LogP contribution < -0.4 is 4.72 Å². The second kappa shape index (κ2) is 7.84. The van der Waals surface area contributed by atoms with Crippen molar-refractivity contribution in [1.82, 2.24) is 9.03 Å². The fourth-order valence-corrected chi connectivity index (χ4v) is 2.88. The first kappa shape index (κ1) is 14.6. The Kier molecular flexibility index (Phi) is 8.17. The predicted octanol–water partition coefficient (Wildman–Crippen LogP) is 1.38. The van der Waals surface area contributed by atoms with Crippen LogP contribution in [0.15, 0.2) is 0 Å². The van der Waals surface area contributed by atoms with E-state index in [1.54, 1.807) is 0 Å². The fourth-order valence-electron chi connectivity index (χ4n) is 1.08. The standard InChI is InChI=1S/C8H19IN2O2S/c1-3-11(4-2)14(12,13)10-8-6-5-7-9/h10H,3-8H2,1-2H3. The van der Waals surface area contributed by atoms with Crippen molar-refractivity contribution in [3.05, 3.63) is 0 Å². The van der Waals surface area contributed by atoms with Gasteiger partial charge in [0, 0.05) is 19.6 Å². The van der Waals surface area contributed by atoms with Crippen LogP contribution in [0.2, 0.25) is 0 Å². The van der Waals surface area contributed by atoms with E-state index >= 15 is 0 Å². The van der Waals surface area contributed by atoms with Gasteiger partial charge in [0.25, 0.3) is 10.2 Å². The Morgan fingerprint density at radius 2 is 1.79 bits per heavy atom. The number of rotatable bonds is 8. The molecule has 0 radical (unpaired) electrons.